The minimum Gasteiger partial charge on any atom is -0.396 e. The fraction of sp³-hybridized carbons (Fsp3) is 0.533. The van der Waals surface area contributed by atoms with Crippen LogP contribution in [0.3, 0.4) is 0 Å². The molecule has 1 aliphatic carbocycles. The van der Waals surface area contributed by atoms with E-state index in [-0.39, 0.29) is 18.4 Å². The number of carbonyl (C=O) groups is 1. The summed E-state index contributed by atoms with van der Waals surface area (Å²) in [6, 6.07) is 9.86. The Morgan fingerprint density at radius 2 is 1.94 bits per heavy atom. The van der Waals surface area contributed by atoms with Crippen LogP contribution in [0.25, 0.3) is 0 Å². The van der Waals surface area contributed by atoms with Crippen LogP contribution in [0.2, 0.25) is 0 Å². The van der Waals surface area contributed by atoms with E-state index >= 15 is 0 Å². The van der Waals surface area contributed by atoms with Crippen molar-refractivity contribution in [2.45, 2.75) is 25.7 Å². The van der Waals surface area contributed by atoms with Crippen LogP contribution in [0.1, 0.15) is 25.8 Å². The zero-order valence-corrected chi connectivity index (χ0v) is 11.1. The maximum Gasteiger partial charge on any atom is 0.233 e. The van der Waals surface area contributed by atoms with Gasteiger partial charge in [0, 0.05) is 25.6 Å². The molecule has 0 aromatic heterocycles. The molecular formula is C15H21NO2. The molecule has 3 heteroatoms. The second kappa shape index (κ2) is 5.11. The van der Waals surface area contributed by atoms with Gasteiger partial charge in [-0.15, -0.1) is 0 Å². The molecule has 1 aromatic rings. The highest BCUT2D eigenvalue weighted by molar-refractivity contribution is 5.92. The first-order valence-corrected chi connectivity index (χ1v) is 6.66. The Balaban J connectivity index is 2.32. The summed E-state index contributed by atoms with van der Waals surface area (Å²) >= 11 is 0. The highest BCUT2D eigenvalue weighted by Crippen LogP contribution is 2.55. The summed E-state index contributed by atoms with van der Waals surface area (Å²) in [4.78, 5) is 14.5. The summed E-state index contributed by atoms with van der Waals surface area (Å²) in [5.74, 6) is 0.241. The average molecular weight is 247 g/mol. The maximum atomic E-state index is 12.7. The molecule has 1 saturated carbocycles. The lowest BCUT2D eigenvalue weighted by Crippen LogP contribution is -2.40. The number of aliphatic hydroxyl groups is 1. The molecule has 0 heterocycles. The van der Waals surface area contributed by atoms with E-state index in [1.807, 2.05) is 49.1 Å². The van der Waals surface area contributed by atoms with Crippen molar-refractivity contribution in [1.82, 2.24) is 4.90 Å². The van der Waals surface area contributed by atoms with E-state index < -0.39 is 5.41 Å². The Morgan fingerprint density at radius 3 is 2.39 bits per heavy atom. The average Bonchev–Trinajstić information content (AvgIpc) is 3.17. The molecule has 3 nitrogen and oxygen atoms in total. The highest BCUT2D eigenvalue weighted by atomic mass is 16.3. The molecule has 98 valence electrons. The lowest BCUT2D eigenvalue weighted by atomic mass is 9.91. The van der Waals surface area contributed by atoms with Crippen LogP contribution in [0.4, 0.5) is 0 Å². The largest absolute Gasteiger partial charge is 0.396 e. The molecule has 0 radical (unpaired) electrons. The SMILES string of the molecule is CCN(CC)C(=O)[C@]1(c2ccccc2)C[C@H]1CO. The third-order valence-electron chi connectivity index (χ3n) is 4.05. The van der Waals surface area contributed by atoms with Crippen LogP contribution < -0.4 is 0 Å². The molecule has 1 aromatic carbocycles. The van der Waals surface area contributed by atoms with Crippen molar-refractivity contribution in [2.75, 3.05) is 19.7 Å². The number of rotatable bonds is 5. The molecule has 1 aliphatic rings. The first kappa shape index (κ1) is 13.1. The Hall–Kier alpha value is -1.35. The standard InChI is InChI=1S/C15H21NO2/c1-3-16(4-2)14(18)15(10-13(15)11-17)12-8-6-5-7-9-12/h5-9,13,17H,3-4,10-11H2,1-2H3/t13-,15-/m0/s1. The molecule has 1 amide bonds. The summed E-state index contributed by atoms with van der Waals surface area (Å²) in [6.45, 7) is 5.53. The second-order valence-electron chi connectivity index (χ2n) is 4.90. The fourth-order valence-corrected chi connectivity index (χ4v) is 2.82. The van der Waals surface area contributed by atoms with Crippen molar-refractivity contribution in [3.8, 4) is 0 Å². The van der Waals surface area contributed by atoms with Gasteiger partial charge in [0.2, 0.25) is 5.91 Å². The van der Waals surface area contributed by atoms with E-state index in [4.69, 9.17) is 0 Å². The van der Waals surface area contributed by atoms with Gasteiger partial charge in [-0.2, -0.15) is 0 Å². The van der Waals surface area contributed by atoms with E-state index in [1.165, 1.54) is 0 Å². The van der Waals surface area contributed by atoms with Crippen molar-refractivity contribution in [3.63, 3.8) is 0 Å². The number of nitrogens with zero attached hydrogens (tertiary/aromatic N) is 1. The van der Waals surface area contributed by atoms with Gasteiger partial charge in [-0.3, -0.25) is 4.79 Å². The summed E-state index contributed by atoms with van der Waals surface area (Å²) in [6.07, 6.45) is 0.767. The molecule has 0 bridgehead atoms. The van der Waals surface area contributed by atoms with E-state index in [1.54, 1.807) is 0 Å². The molecule has 0 aliphatic heterocycles. The number of amides is 1. The molecule has 2 rings (SSSR count). The first-order valence-electron chi connectivity index (χ1n) is 6.66. The predicted octanol–water partition coefficient (Wildman–Crippen LogP) is 1.81. The Labute approximate surface area is 108 Å². The third kappa shape index (κ3) is 1.93. The summed E-state index contributed by atoms with van der Waals surface area (Å²) in [7, 11) is 0. The van der Waals surface area contributed by atoms with Crippen LogP contribution in [0.5, 0.6) is 0 Å². The number of carbonyl (C=O) groups excluding carboxylic acids is 1. The van der Waals surface area contributed by atoms with Gasteiger partial charge >= 0.3 is 0 Å². The van der Waals surface area contributed by atoms with Gasteiger partial charge < -0.3 is 10.0 Å². The van der Waals surface area contributed by atoms with Crippen molar-refractivity contribution >= 4 is 5.91 Å². The van der Waals surface area contributed by atoms with E-state index in [0.717, 1.165) is 25.1 Å². The molecule has 2 atom stereocenters. The topological polar surface area (TPSA) is 40.5 Å². The lowest BCUT2D eigenvalue weighted by molar-refractivity contribution is -0.134. The van der Waals surface area contributed by atoms with E-state index in [2.05, 4.69) is 0 Å². The Kier molecular flexibility index (Phi) is 3.71. The molecule has 0 spiro atoms. The van der Waals surface area contributed by atoms with Gasteiger partial charge in [0.1, 0.15) is 0 Å². The monoisotopic (exact) mass is 247 g/mol. The number of benzene rings is 1. The number of hydrogen-bond acceptors (Lipinski definition) is 2. The molecular weight excluding hydrogens is 226 g/mol. The quantitative estimate of drug-likeness (QED) is 0.862. The van der Waals surface area contributed by atoms with Crippen LogP contribution in [-0.4, -0.2) is 35.6 Å². The number of hydrogen-bond donors (Lipinski definition) is 1. The van der Waals surface area contributed by atoms with Gasteiger partial charge in [0.25, 0.3) is 0 Å². The Bertz CT molecular complexity index is 414. The highest BCUT2D eigenvalue weighted by Gasteiger charge is 2.61. The zero-order chi connectivity index (χ0) is 13.2. The van der Waals surface area contributed by atoms with Gasteiger partial charge in [-0.05, 0) is 25.8 Å². The molecule has 18 heavy (non-hydrogen) atoms. The first-order chi connectivity index (χ1) is 8.70. The number of likely N-dealkylation sites (N-methyl/N-ethyl adjacent to an activating group) is 1. The van der Waals surface area contributed by atoms with Crippen LogP contribution in [-0.2, 0) is 10.2 Å². The van der Waals surface area contributed by atoms with Crippen molar-refractivity contribution in [1.29, 1.82) is 0 Å². The van der Waals surface area contributed by atoms with Crippen molar-refractivity contribution < 1.29 is 9.90 Å². The lowest BCUT2D eigenvalue weighted by Gasteiger charge is -2.26. The summed E-state index contributed by atoms with van der Waals surface area (Å²) < 4.78 is 0. The second-order valence-corrected chi connectivity index (χ2v) is 4.90. The van der Waals surface area contributed by atoms with Gasteiger partial charge in [0.05, 0.1) is 5.41 Å². The molecule has 1 N–H and O–H groups in total. The predicted molar refractivity (Wildman–Crippen MR) is 71.2 cm³/mol. The van der Waals surface area contributed by atoms with Crippen molar-refractivity contribution in [3.05, 3.63) is 35.9 Å². The third-order valence-corrected chi connectivity index (χ3v) is 4.05. The van der Waals surface area contributed by atoms with Gasteiger partial charge in [-0.25, -0.2) is 0 Å². The fourth-order valence-electron chi connectivity index (χ4n) is 2.82. The molecule has 0 saturated heterocycles. The van der Waals surface area contributed by atoms with Crippen LogP contribution >= 0.6 is 0 Å². The Morgan fingerprint density at radius 1 is 1.33 bits per heavy atom. The molecule has 0 unspecified atom stereocenters. The number of aliphatic hydroxyl groups excluding tert-OH is 1. The smallest absolute Gasteiger partial charge is 0.233 e. The normalized spacial score (nSPS) is 25.8. The van der Waals surface area contributed by atoms with Crippen LogP contribution in [0.15, 0.2) is 30.3 Å². The van der Waals surface area contributed by atoms with Gasteiger partial charge in [-0.1, -0.05) is 30.3 Å². The summed E-state index contributed by atoms with van der Waals surface area (Å²) in [5.41, 5.74) is 0.572. The van der Waals surface area contributed by atoms with E-state index in [0.29, 0.717) is 0 Å². The minimum absolute atomic E-state index is 0.0769. The van der Waals surface area contributed by atoms with E-state index in [9.17, 15) is 9.90 Å². The van der Waals surface area contributed by atoms with Crippen molar-refractivity contribution in [2.24, 2.45) is 5.92 Å². The minimum atomic E-state index is -0.470. The maximum absolute atomic E-state index is 12.7. The van der Waals surface area contributed by atoms with Gasteiger partial charge in [0.15, 0.2) is 0 Å². The van der Waals surface area contributed by atoms with Crippen LogP contribution in [0, 0.1) is 5.92 Å². The summed E-state index contributed by atoms with van der Waals surface area (Å²) in [5, 5.41) is 9.41. The molecule has 1 fully saturated rings. The zero-order valence-electron chi connectivity index (χ0n) is 11.1.